The zero-order valence-corrected chi connectivity index (χ0v) is 14.0. The van der Waals surface area contributed by atoms with Crippen LogP contribution in [0.15, 0.2) is 0 Å². The first kappa shape index (κ1) is 16.3. The summed E-state index contributed by atoms with van der Waals surface area (Å²) in [5.41, 5.74) is 6.97. The van der Waals surface area contributed by atoms with Gasteiger partial charge in [0.1, 0.15) is 0 Å². The number of nitrogens with two attached hydrogens (primary N) is 1. The van der Waals surface area contributed by atoms with Gasteiger partial charge in [0.2, 0.25) is 0 Å². The van der Waals surface area contributed by atoms with E-state index in [9.17, 15) is 0 Å². The normalized spacial score (nSPS) is 34.0. The molecule has 118 valence electrons. The highest BCUT2D eigenvalue weighted by molar-refractivity contribution is 5.01. The van der Waals surface area contributed by atoms with Gasteiger partial charge in [0.25, 0.3) is 0 Å². The third-order valence-electron chi connectivity index (χ3n) is 6.19. The van der Waals surface area contributed by atoms with Crippen LogP contribution < -0.4 is 5.73 Å². The van der Waals surface area contributed by atoms with E-state index in [1.54, 1.807) is 0 Å². The Labute approximate surface area is 125 Å². The molecule has 2 fully saturated rings. The van der Waals surface area contributed by atoms with Crippen molar-refractivity contribution in [2.24, 2.45) is 11.1 Å². The second kappa shape index (κ2) is 5.94. The molecule has 0 aromatic heterocycles. The zero-order chi connectivity index (χ0) is 14.9. The van der Waals surface area contributed by atoms with Crippen LogP contribution in [0.4, 0.5) is 0 Å². The summed E-state index contributed by atoms with van der Waals surface area (Å²) in [5, 5.41) is 0. The molecule has 0 aromatic carbocycles. The predicted octanol–water partition coefficient (Wildman–Crippen LogP) is 3.18. The topological polar surface area (TPSA) is 38.5 Å². The Morgan fingerprint density at radius 3 is 2.10 bits per heavy atom. The molecule has 3 nitrogen and oxygen atoms in total. The molecule has 2 aliphatic rings. The smallest absolute Gasteiger partial charge is 0.0644 e. The van der Waals surface area contributed by atoms with Crippen LogP contribution >= 0.6 is 0 Å². The third kappa shape index (κ3) is 3.05. The van der Waals surface area contributed by atoms with E-state index in [-0.39, 0.29) is 11.1 Å². The van der Waals surface area contributed by atoms with Crippen molar-refractivity contribution in [2.75, 3.05) is 26.2 Å². The lowest BCUT2D eigenvalue weighted by molar-refractivity contribution is -0.127. The van der Waals surface area contributed by atoms with Crippen LogP contribution in [0.25, 0.3) is 0 Å². The van der Waals surface area contributed by atoms with E-state index >= 15 is 0 Å². The van der Waals surface area contributed by atoms with Crippen LogP contribution in [0.1, 0.15) is 66.2 Å². The molecule has 0 spiro atoms. The van der Waals surface area contributed by atoms with E-state index < -0.39 is 0 Å². The van der Waals surface area contributed by atoms with E-state index in [4.69, 9.17) is 10.5 Å². The number of rotatable bonds is 4. The molecule has 1 unspecified atom stereocenters. The van der Waals surface area contributed by atoms with Gasteiger partial charge in [-0.3, -0.25) is 4.90 Å². The van der Waals surface area contributed by atoms with Crippen LogP contribution in [-0.2, 0) is 4.74 Å². The molecule has 2 N–H and O–H groups in total. The maximum absolute atomic E-state index is 6.23. The number of piperidine rings is 1. The van der Waals surface area contributed by atoms with Crippen molar-refractivity contribution in [3.8, 4) is 0 Å². The molecule has 2 rings (SSSR count). The van der Waals surface area contributed by atoms with E-state index in [0.29, 0.717) is 5.41 Å². The molecule has 0 radical (unpaired) electrons. The molecule has 0 amide bonds. The van der Waals surface area contributed by atoms with Crippen LogP contribution in [0, 0.1) is 5.41 Å². The quantitative estimate of drug-likeness (QED) is 0.860. The van der Waals surface area contributed by atoms with Crippen molar-refractivity contribution in [1.29, 1.82) is 0 Å². The fraction of sp³-hybridized carbons (Fsp3) is 1.00. The Balaban J connectivity index is 2.07. The van der Waals surface area contributed by atoms with E-state index in [1.165, 1.54) is 38.8 Å². The van der Waals surface area contributed by atoms with Crippen molar-refractivity contribution in [3.63, 3.8) is 0 Å². The molecular formula is C17H34N2O. The van der Waals surface area contributed by atoms with E-state index in [0.717, 1.165) is 26.0 Å². The Kier molecular flexibility index (Phi) is 4.83. The Morgan fingerprint density at radius 2 is 1.65 bits per heavy atom. The fourth-order valence-electron chi connectivity index (χ4n) is 4.43. The average Bonchev–Trinajstić information content (AvgIpc) is 2.46. The van der Waals surface area contributed by atoms with Gasteiger partial charge in [-0.05, 0) is 58.0 Å². The van der Waals surface area contributed by atoms with Gasteiger partial charge in [0.15, 0.2) is 0 Å². The maximum Gasteiger partial charge on any atom is 0.0644 e. The van der Waals surface area contributed by atoms with Gasteiger partial charge >= 0.3 is 0 Å². The molecule has 2 aliphatic heterocycles. The summed E-state index contributed by atoms with van der Waals surface area (Å²) in [6, 6.07) is 0. The molecular weight excluding hydrogens is 248 g/mol. The fourth-order valence-corrected chi connectivity index (χ4v) is 4.43. The monoisotopic (exact) mass is 282 g/mol. The second-order valence-electron chi connectivity index (χ2n) is 7.66. The Morgan fingerprint density at radius 1 is 1.05 bits per heavy atom. The molecule has 1 atom stereocenters. The average molecular weight is 282 g/mol. The van der Waals surface area contributed by atoms with Crippen molar-refractivity contribution >= 4 is 0 Å². The minimum atomic E-state index is -0.0261. The highest BCUT2D eigenvalue weighted by Crippen LogP contribution is 2.43. The highest BCUT2D eigenvalue weighted by atomic mass is 16.5. The predicted molar refractivity (Wildman–Crippen MR) is 84.9 cm³/mol. The highest BCUT2D eigenvalue weighted by Gasteiger charge is 2.46. The lowest BCUT2D eigenvalue weighted by Crippen LogP contribution is -2.62. The van der Waals surface area contributed by atoms with Gasteiger partial charge in [0.05, 0.1) is 5.60 Å². The Hall–Kier alpha value is -0.120. The molecule has 2 heterocycles. The summed E-state index contributed by atoms with van der Waals surface area (Å²) in [4.78, 5) is 2.70. The minimum Gasteiger partial charge on any atom is -0.375 e. The number of likely N-dealkylation sites (tertiary alicyclic amines) is 1. The summed E-state index contributed by atoms with van der Waals surface area (Å²) in [6.45, 7) is 13.2. The molecule has 0 bridgehead atoms. The third-order valence-corrected chi connectivity index (χ3v) is 6.19. The largest absolute Gasteiger partial charge is 0.375 e. The molecule has 2 saturated heterocycles. The summed E-state index contributed by atoms with van der Waals surface area (Å²) in [5.74, 6) is 0. The van der Waals surface area contributed by atoms with Gasteiger partial charge in [-0.1, -0.05) is 26.7 Å². The lowest BCUT2D eigenvalue weighted by atomic mass is 9.71. The number of hydrogen-bond donors (Lipinski definition) is 1. The molecule has 0 aromatic rings. The number of hydrogen-bond acceptors (Lipinski definition) is 3. The van der Waals surface area contributed by atoms with Gasteiger partial charge in [-0.15, -0.1) is 0 Å². The van der Waals surface area contributed by atoms with Gasteiger partial charge in [-0.2, -0.15) is 0 Å². The second-order valence-corrected chi connectivity index (χ2v) is 7.66. The van der Waals surface area contributed by atoms with Crippen molar-refractivity contribution < 1.29 is 4.74 Å². The number of ether oxygens (including phenoxy) is 1. The standard InChI is InChI=1S/C17H34N2O/c1-5-16(6-2)7-10-19(11-8-16)17(14-18)9-12-20-15(3,4)13-17/h5-14,18H2,1-4H3. The van der Waals surface area contributed by atoms with Gasteiger partial charge in [-0.25, -0.2) is 0 Å². The number of nitrogens with zero attached hydrogens (tertiary/aromatic N) is 1. The summed E-state index contributed by atoms with van der Waals surface area (Å²) in [6.07, 6.45) is 7.48. The first-order valence-corrected chi connectivity index (χ1v) is 8.50. The summed E-state index contributed by atoms with van der Waals surface area (Å²) in [7, 11) is 0. The van der Waals surface area contributed by atoms with Gasteiger partial charge < -0.3 is 10.5 Å². The molecule has 3 heteroatoms. The lowest BCUT2D eigenvalue weighted by Gasteiger charge is -2.54. The maximum atomic E-state index is 6.23. The van der Waals surface area contributed by atoms with E-state index in [2.05, 4.69) is 32.6 Å². The minimum absolute atomic E-state index is 0.0261. The van der Waals surface area contributed by atoms with Crippen LogP contribution in [-0.4, -0.2) is 42.3 Å². The van der Waals surface area contributed by atoms with Crippen LogP contribution in [0.2, 0.25) is 0 Å². The van der Waals surface area contributed by atoms with Crippen LogP contribution in [0.5, 0.6) is 0 Å². The van der Waals surface area contributed by atoms with Crippen molar-refractivity contribution in [1.82, 2.24) is 4.90 Å². The first-order chi connectivity index (χ1) is 9.41. The molecule has 0 aliphatic carbocycles. The summed E-state index contributed by atoms with van der Waals surface area (Å²) < 4.78 is 5.91. The van der Waals surface area contributed by atoms with Crippen molar-refractivity contribution in [3.05, 3.63) is 0 Å². The summed E-state index contributed by atoms with van der Waals surface area (Å²) >= 11 is 0. The van der Waals surface area contributed by atoms with Gasteiger partial charge in [0, 0.05) is 18.7 Å². The van der Waals surface area contributed by atoms with Crippen LogP contribution in [0.3, 0.4) is 0 Å². The Bertz CT molecular complexity index is 315. The first-order valence-electron chi connectivity index (χ1n) is 8.50. The van der Waals surface area contributed by atoms with E-state index in [1.807, 2.05) is 0 Å². The molecule has 20 heavy (non-hydrogen) atoms. The van der Waals surface area contributed by atoms with Crippen molar-refractivity contribution in [2.45, 2.75) is 77.4 Å². The SMILES string of the molecule is CCC1(CC)CCN(C2(CN)CCOC(C)(C)C2)CC1. The molecule has 0 saturated carbocycles. The zero-order valence-electron chi connectivity index (χ0n) is 14.0.